The highest BCUT2D eigenvalue weighted by atomic mass is 32.2. The average molecular weight is 418 g/mol. The van der Waals surface area contributed by atoms with E-state index < -0.39 is 15.8 Å². The molecule has 146 valence electrons. The summed E-state index contributed by atoms with van der Waals surface area (Å²) in [5, 5.41) is 7.80. The zero-order chi connectivity index (χ0) is 21.2. The Morgan fingerprint density at radius 2 is 1.41 bits per heavy atom. The Labute approximate surface area is 187 Å². The van der Waals surface area contributed by atoms with Gasteiger partial charge in [0.05, 0.1) is 23.5 Å². The van der Waals surface area contributed by atoms with E-state index in [9.17, 15) is 4.79 Å². The number of carboxylic acid groups (broad SMARTS) is 1. The Balaban J connectivity index is 2.00. The van der Waals surface area contributed by atoms with E-state index in [4.69, 9.17) is 28.6 Å². The summed E-state index contributed by atoms with van der Waals surface area (Å²) in [6.45, 7) is 0. The lowest BCUT2D eigenvalue weighted by atomic mass is 9.43. The van der Waals surface area contributed by atoms with Crippen molar-refractivity contribution in [1.29, 1.82) is 0 Å². The van der Waals surface area contributed by atoms with Crippen molar-refractivity contribution in [3.63, 3.8) is 0 Å². The molecular formula is C22H25B3O2S2. The number of carbonyl (C=O) groups is 1. The van der Waals surface area contributed by atoms with Crippen molar-refractivity contribution in [2.45, 2.75) is 47.0 Å². The lowest BCUT2D eigenvalue weighted by molar-refractivity contribution is -0.137. The number of hydrogen-bond acceptors (Lipinski definition) is 3. The standard InChI is InChI=1S/C22H25B3O2S2/c23-21(24,17-28-15-18-9-3-1-4-10-18)22(25,14-8-7-13-20(26)27)29-16-19-11-5-2-6-12-19/h1-6,9-12H,7-8,13-17H2,(H,26,27). The molecule has 0 bridgehead atoms. The van der Waals surface area contributed by atoms with E-state index in [-0.39, 0.29) is 6.42 Å². The summed E-state index contributed by atoms with van der Waals surface area (Å²) in [7, 11) is 19.9. The van der Waals surface area contributed by atoms with E-state index >= 15 is 0 Å². The van der Waals surface area contributed by atoms with Crippen LogP contribution in [0.2, 0.25) is 5.21 Å². The Morgan fingerprint density at radius 1 is 0.862 bits per heavy atom. The zero-order valence-electron chi connectivity index (χ0n) is 16.6. The Hall–Kier alpha value is -1.20. The normalized spacial score (nSPS) is 13.7. The van der Waals surface area contributed by atoms with Crippen LogP contribution in [0.5, 0.6) is 0 Å². The van der Waals surface area contributed by atoms with E-state index in [0.717, 1.165) is 11.3 Å². The molecule has 2 aromatic rings. The third-order valence-corrected chi connectivity index (χ3v) is 7.56. The molecule has 2 rings (SSSR count). The van der Waals surface area contributed by atoms with E-state index in [1.54, 1.807) is 23.5 Å². The first-order valence-corrected chi connectivity index (χ1v) is 11.8. The van der Waals surface area contributed by atoms with Crippen molar-refractivity contribution in [1.82, 2.24) is 0 Å². The summed E-state index contributed by atoms with van der Waals surface area (Å²) in [4.78, 5) is 10.8. The van der Waals surface area contributed by atoms with Gasteiger partial charge in [-0.2, -0.15) is 23.5 Å². The largest absolute Gasteiger partial charge is 0.481 e. The SMILES string of the molecule is [B]C([B])(CSCc1ccccc1)C([B])(CCCCC(=O)O)SCc1ccccc1. The molecule has 1 unspecified atom stereocenters. The lowest BCUT2D eigenvalue weighted by Crippen LogP contribution is -2.44. The molecule has 0 aliphatic carbocycles. The van der Waals surface area contributed by atoms with Crippen LogP contribution in [0.15, 0.2) is 60.7 Å². The van der Waals surface area contributed by atoms with Crippen molar-refractivity contribution in [3.05, 3.63) is 71.8 Å². The van der Waals surface area contributed by atoms with Crippen LogP contribution in [0.4, 0.5) is 0 Å². The number of carboxylic acids is 1. The highest BCUT2D eigenvalue weighted by Crippen LogP contribution is 2.48. The maximum atomic E-state index is 10.8. The van der Waals surface area contributed by atoms with Gasteiger partial charge < -0.3 is 5.11 Å². The molecule has 1 atom stereocenters. The Bertz CT molecular complexity index is 744. The van der Waals surface area contributed by atoms with Crippen molar-refractivity contribution >= 4 is 53.0 Å². The first kappa shape index (κ1) is 24.1. The molecule has 0 aliphatic rings. The quantitative estimate of drug-likeness (QED) is 0.374. The zero-order valence-corrected chi connectivity index (χ0v) is 18.3. The third kappa shape index (κ3) is 8.22. The number of rotatable bonds is 13. The minimum Gasteiger partial charge on any atom is -0.481 e. The van der Waals surface area contributed by atoms with Gasteiger partial charge in [-0.1, -0.05) is 72.3 Å². The molecule has 6 radical (unpaired) electrons. The predicted molar refractivity (Wildman–Crippen MR) is 129 cm³/mol. The van der Waals surface area contributed by atoms with Crippen LogP contribution >= 0.6 is 23.5 Å². The van der Waals surface area contributed by atoms with Gasteiger partial charge in [-0.3, -0.25) is 4.79 Å². The summed E-state index contributed by atoms with van der Waals surface area (Å²) in [5.74, 6) is 1.24. The number of unbranched alkanes of at least 4 members (excludes halogenated alkanes) is 1. The molecule has 29 heavy (non-hydrogen) atoms. The number of benzene rings is 2. The highest BCUT2D eigenvalue weighted by molar-refractivity contribution is 8.01. The number of thioether (sulfide) groups is 2. The fourth-order valence-corrected chi connectivity index (χ4v) is 5.39. The summed E-state index contributed by atoms with van der Waals surface area (Å²) >= 11 is 3.22. The van der Waals surface area contributed by atoms with Crippen LogP contribution in [-0.4, -0.2) is 45.0 Å². The smallest absolute Gasteiger partial charge is 0.303 e. The molecule has 0 amide bonds. The summed E-state index contributed by atoms with van der Waals surface area (Å²) in [5.41, 5.74) is 2.37. The van der Waals surface area contributed by atoms with Crippen LogP contribution in [-0.2, 0) is 16.3 Å². The van der Waals surface area contributed by atoms with Crippen LogP contribution < -0.4 is 0 Å². The molecule has 7 heteroatoms. The first-order valence-electron chi connectivity index (χ1n) is 9.70. The minimum atomic E-state index is -1.09. The molecule has 2 aromatic carbocycles. The van der Waals surface area contributed by atoms with Crippen LogP contribution in [0.1, 0.15) is 36.8 Å². The van der Waals surface area contributed by atoms with Gasteiger partial charge in [-0.15, -0.1) is 0 Å². The van der Waals surface area contributed by atoms with E-state index in [0.29, 0.717) is 30.8 Å². The van der Waals surface area contributed by atoms with Crippen molar-refractivity contribution < 1.29 is 9.90 Å². The van der Waals surface area contributed by atoms with Gasteiger partial charge in [0.2, 0.25) is 0 Å². The van der Waals surface area contributed by atoms with Gasteiger partial charge in [-0.05, 0) is 34.4 Å². The minimum absolute atomic E-state index is 0.129. The van der Waals surface area contributed by atoms with Crippen molar-refractivity contribution in [2.24, 2.45) is 0 Å². The molecule has 0 heterocycles. The lowest BCUT2D eigenvalue weighted by Gasteiger charge is -2.46. The monoisotopic (exact) mass is 418 g/mol. The first-order chi connectivity index (χ1) is 13.8. The second kappa shape index (κ2) is 11.9. The van der Waals surface area contributed by atoms with Crippen LogP contribution in [0.3, 0.4) is 0 Å². The third-order valence-electron chi connectivity index (χ3n) is 4.77. The topological polar surface area (TPSA) is 37.3 Å². The van der Waals surface area contributed by atoms with Gasteiger partial charge in [-0.25, -0.2) is 0 Å². The Morgan fingerprint density at radius 3 is 1.97 bits per heavy atom. The second-order valence-corrected chi connectivity index (χ2v) is 9.57. The van der Waals surface area contributed by atoms with Gasteiger partial charge >= 0.3 is 5.97 Å². The maximum absolute atomic E-state index is 10.8. The molecule has 1 N–H and O–H groups in total. The summed E-state index contributed by atoms with van der Waals surface area (Å²) < 4.78 is -0.856. The summed E-state index contributed by atoms with van der Waals surface area (Å²) in [6.07, 6.45) is 1.93. The molecule has 0 fully saturated rings. The molecule has 0 aliphatic heterocycles. The Kier molecular flexibility index (Phi) is 9.84. The van der Waals surface area contributed by atoms with Crippen molar-refractivity contribution in [3.8, 4) is 0 Å². The maximum Gasteiger partial charge on any atom is 0.303 e. The fourth-order valence-electron chi connectivity index (χ4n) is 2.92. The average Bonchev–Trinajstić information content (AvgIpc) is 2.71. The highest BCUT2D eigenvalue weighted by Gasteiger charge is 2.39. The van der Waals surface area contributed by atoms with Crippen LogP contribution in [0, 0.1) is 0 Å². The number of aliphatic carboxylic acids is 1. The van der Waals surface area contributed by atoms with Gasteiger partial charge in [0.15, 0.2) is 0 Å². The molecule has 0 spiro atoms. The van der Waals surface area contributed by atoms with E-state index in [1.807, 2.05) is 36.4 Å². The number of hydrogen-bond donors (Lipinski definition) is 1. The van der Waals surface area contributed by atoms with E-state index in [2.05, 4.69) is 24.3 Å². The molecular weight excluding hydrogens is 393 g/mol. The predicted octanol–water partition coefficient (Wildman–Crippen LogP) is 4.82. The van der Waals surface area contributed by atoms with Gasteiger partial charge in [0, 0.05) is 17.9 Å². The van der Waals surface area contributed by atoms with Gasteiger partial charge in [0.25, 0.3) is 0 Å². The molecule has 0 saturated heterocycles. The van der Waals surface area contributed by atoms with Crippen LogP contribution in [0.25, 0.3) is 0 Å². The second-order valence-electron chi connectivity index (χ2n) is 7.28. The molecule has 0 saturated carbocycles. The summed E-state index contributed by atoms with van der Waals surface area (Å²) in [6, 6.07) is 20.2. The van der Waals surface area contributed by atoms with E-state index in [1.165, 1.54) is 5.56 Å². The molecule has 0 aromatic heterocycles. The fraction of sp³-hybridized carbons (Fsp3) is 0.409. The van der Waals surface area contributed by atoms with Gasteiger partial charge in [0.1, 0.15) is 0 Å². The van der Waals surface area contributed by atoms with Crippen molar-refractivity contribution in [2.75, 3.05) is 5.75 Å². The molecule has 2 nitrogen and oxygen atoms in total.